The van der Waals surface area contributed by atoms with Gasteiger partial charge in [0.15, 0.2) is 0 Å². The number of benzene rings is 2. The lowest BCUT2D eigenvalue weighted by Crippen LogP contribution is -2.45. The predicted molar refractivity (Wildman–Crippen MR) is 120 cm³/mol. The third-order valence-corrected chi connectivity index (χ3v) is 5.97. The average Bonchev–Trinajstić information content (AvgIpc) is 3.30. The fourth-order valence-electron chi connectivity index (χ4n) is 4.08. The Morgan fingerprint density at radius 1 is 1.06 bits per heavy atom. The Morgan fingerprint density at radius 2 is 1.75 bits per heavy atom. The van der Waals surface area contributed by atoms with Gasteiger partial charge in [0.2, 0.25) is 11.7 Å². The van der Waals surface area contributed by atoms with Crippen LogP contribution in [-0.2, 0) is 16.1 Å². The van der Waals surface area contributed by atoms with Crippen LogP contribution in [0.5, 0.6) is 5.75 Å². The van der Waals surface area contributed by atoms with Crippen molar-refractivity contribution in [2.45, 2.75) is 32.7 Å². The van der Waals surface area contributed by atoms with Crippen LogP contribution in [0.4, 0.5) is 0 Å². The van der Waals surface area contributed by atoms with Crippen molar-refractivity contribution in [2.24, 2.45) is 5.41 Å². The van der Waals surface area contributed by atoms with Crippen LogP contribution in [0, 0.1) is 5.41 Å². The van der Waals surface area contributed by atoms with Gasteiger partial charge in [0.1, 0.15) is 5.75 Å². The summed E-state index contributed by atoms with van der Waals surface area (Å²) in [5, 5.41) is 4.10. The molecule has 0 spiro atoms. The number of rotatable bonds is 9. The second-order valence-corrected chi connectivity index (χ2v) is 8.07. The lowest BCUT2D eigenvalue weighted by molar-refractivity contribution is -0.159. The van der Waals surface area contributed by atoms with Crippen molar-refractivity contribution in [3.05, 3.63) is 66.6 Å². The van der Waals surface area contributed by atoms with E-state index >= 15 is 0 Å². The highest BCUT2D eigenvalue weighted by atomic mass is 16.5. The molecule has 0 bridgehead atoms. The first-order valence-electron chi connectivity index (χ1n) is 11.1. The van der Waals surface area contributed by atoms with E-state index in [1.807, 2.05) is 67.6 Å². The summed E-state index contributed by atoms with van der Waals surface area (Å²) < 4.78 is 16.8. The normalized spacial score (nSPS) is 15.9. The Balaban J connectivity index is 1.34. The van der Waals surface area contributed by atoms with Crippen molar-refractivity contribution in [1.82, 2.24) is 15.0 Å². The summed E-state index contributed by atoms with van der Waals surface area (Å²) in [6.07, 6.45) is 2.06. The zero-order chi connectivity index (χ0) is 22.2. The molecule has 0 N–H and O–H groups in total. The second-order valence-electron chi connectivity index (χ2n) is 8.07. The molecule has 1 saturated heterocycles. The Kier molecular flexibility index (Phi) is 7.17. The molecule has 0 unspecified atom stereocenters. The molecule has 32 heavy (non-hydrogen) atoms. The largest absolute Gasteiger partial charge is 0.494 e. The smallest absolute Gasteiger partial charge is 0.312 e. The molecule has 2 aromatic carbocycles. The van der Waals surface area contributed by atoms with Crippen LogP contribution in [0.25, 0.3) is 11.4 Å². The molecule has 1 aromatic heterocycles. The van der Waals surface area contributed by atoms with E-state index in [0.29, 0.717) is 50.7 Å². The van der Waals surface area contributed by atoms with E-state index in [9.17, 15) is 4.79 Å². The zero-order valence-electron chi connectivity index (χ0n) is 18.4. The number of piperidine rings is 1. The lowest BCUT2D eigenvalue weighted by atomic mass is 9.76. The standard InChI is InChI=1S/C25H29N3O4/c1-2-30-24(29)25(15-18-31-21-11-7-4-8-12-21)13-16-28(17-14-25)19-22-26-23(27-32-22)20-9-5-3-6-10-20/h3-12H,2,13-19H2,1H3. The van der Waals surface area contributed by atoms with E-state index in [1.54, 1.807) is 0 Å². The topological polar surface area (TPSA) is 77.7 Å². The molecule has 2 heterocycles. The van der Waals surface area contributed by atoms with E-state index in [2.05, 4.69) is 15.0 Å². The van der Waals surface area contributed by atoms with Gasteiger partial charge in [-0.1, -0.05) is 53.7 Å². The van der Waals surface area contributed by atoms with E-state index in [0.717, 1.165) is 24.4 Å². The first kappa shape index (κ1) is 22.0. The summed E-state index contributed by atoms with van der Waals surface area (Å²) in [5.74, 6) is 1.87. The molecule has 4 rings (SSSR count). The Hall–Kier alpha value is -3.19. The maximum absolute atomic E-state index is 12.9. The number of ether oxygens (including phenoxy) is 2. The molecule has 3 aromatic rings. The molecule has 0 radical (unpaired) electrons. The van der Waals surface area contributed by atoms with Crippen molar-refractivity contribution in [3.63, 3.8) is 0 Å². The Bertz CT molecular complexity index is 983. The van der Waals surface area contributed by atoms with Gasteiger partial charge in [0.25, 0.3) is 0 Å². The molecule has 7 nitrogen and oxygen atoms in total. The van der Waals surface area contributed by atoms with E-state index in [-0.39, 0.29) is 5.97 Å². The summed E-state index contributed by atoms with van der Waals surface area (Å²) in [6.45, 7) is 4.79. The Labute approximate surface area is 188 Å². The minimum absolute atomic E-state index is 0.125. The highest BCUT2D eigenvalue weighted by Crippen LogP contribution is 2.37. The first-order chi connectivity index (χ1) is 15.7. The van der Waals surface area contributed by atoms with E-state index < -0.39 is 5.41 Å². The number of hydrogen-bond donors (Lipinski definition) is 0. The van der Waals surface area contributed by atoms with Crippen LogP contribution in [-0.4, -0.2) is 47.3 Å². The molecule has 0 saturated carbocycles. The number of likely N-dealkylation sites (tertiary alicyclic amines) is 1. The van der Waals surface area contributed by atoms with Gasteiger partial charge in [-0.3, -0.25) is 9.69 Å². The molecule has 0 aliphatic carbocycles. The van der Waals surface area contributed by atoms with Crippen molar-refractivity contribution < 1.29 is 18.8 Å². The maximum atomic E-state index is 12.9. The summed E-state index contributed by atoms with van der Waals surface area (Å²) in [4.78, 5) is 19.6. The molecule has 7 heteroatoms. The molecular weight excluding hydrogens is 406 g/mol. The van der Waals surface area contributed by atoms with E-state index in [4.69, 9.17) is 14.0 Å². The predicted octanol–water partition coefficient (Wildman–Crippen LogP) is 4.35. The number of carbonyl (C=O) groups is 1. The number of aromatic nitrogens is 2. The van der Waals surface area contributed by atoms with Crippen molar-refractivity contribution in [1.29, 1.82) is 0 Å². The van der Waals surface area contributed by atoms with Crippen LogP contribution < -0.4 is 4.74 Å². The minimum Gasteiger partial charge on any atom is -0.494 e. The molecule has 0 atom stereocenters. The van der Waals surface area contributed by atoms with Crippen LogP contribution in [0.2, 0.25) is 0 Å². The number of carbonyl (C=O) groups excluding carboxylic acids is 1. The van der Waals surface area contributed by atoms with Gasteiger partial charge in [-0.2, -0.15) is 4.98 Å². The van der Waals surface area contributed by atoms with Crippen molar-refractivity contribution in [3.8, 4) is 17.1 Å². The third kappa shape index (κ3) is 5.34. The summed E-state index contributed by atoms with van der Waals surface area (Å²) in [7, 11) is 0. The summed E-state index contributed by atoms with van der Waals surface area (Å²) in [5.41, 5.74) is 0.409. The third-order valence-electron chi connectivity index (χ3n) is 5.97. The highest BCUT2D eigenvalue weighted by molar-refractivity contribution is 5.77. The van der Waals surface area contributed by atoms with Crippen molar-refractivity contribution >= 4 is 5.97 Å². The number of nitrogens with zero attached hydrogens (tertiary/aromatic N) is 3. The van der Waals surface area contributed by atoms with E-state index in [1.165, 1.54) is 0 Å². The van der Waals surface area contributed by atoms with Crippen LogP contribution in [0.1, 0.15) is 32.1 Å². The van der Waals surface area contributed by atoms with Crippen LogP contribution >= 0.6 is 0 Å². The van der Waals surface area contributed by atoms with Crippen molar-refractivity contribution in [2.75, 3.05) is 26.3 Å². The van der Waals surface area contributed by atoms with Crippen LogP contribution in [0.3, 0.4) is 0 Å². The fraction of sp³-hybridized carbons (Fsp3) is 0.400. The minimum atomic E-state index is -0.522. The SMILES string of the molecule is CCOC(=O)C1(CCOc2ccccc2)CCN(Cc2nc(-c3ccccc3)no2)CC1. The summed E-state index contributed by atoms with van der Waals surface area (Å²) >= 11 is 0. The molecular formula is C25H29N3O4. The van der Waals surface area contributed by atoms with Gasteiger partial charge >= 0.3 is 5.97 Å². The Morgan fingerprint density at radius 3 is 2.44 bits per heavy atom. The fourth-order valence-corrected chi connectivity index (χ4v) is 4.08. The van der Waals surface area contributed by atoms with Gasteiger partial charge in [0.05, 0.1) is 25.2 Å². The lowest BCUT2D eigenvalue weighted by Gasteiger charge is -2.39. The van der Waals surface area contributed by atoms with Gasteiger partial charge < -0.3 is 14.0 Å². The second kappa shape index (κ2) is 10.4. The van der Waals surface area contributed by atoms with Gasteiger partial charge in [-0.25, -0.2) is 0 Å². The molecule has 0 amide bonds. The quantitative estimate of drug-likeness (QED) is 0.462. The first-order valence-corrected chi connectivity index (χ1v) is 11.1. The summed E-state index contributed by atoms with van der Waals surface area (Å²) in [6, 6.07) is 19.5. The van der Waals surface area contributed by atoms with Gasteiger partial charge in [-0.05, 0) is 51.4 Å². The number of esters is 1. The molecule has 1 fully saturated rings. The van der Waals surface area contributed by atoms with Gasteiger partial charge in [-0.15, -0.1) is 0 Å². The highest BCUT2D eigenvalue weighted by Gasteiger charge is 2.42. The average molecular weight is 436 g/mol. The monoisotopic (exact) mass is 435 g/mol. The number of para-hydroxylation sites is 1. The maximum Gasteiger partial charge on any atom is 0.312 e. The molecule has 168 valence electrons. The zero-order valence-corrected chi connectivity index (χ0v) is 18.4. The molecule has 1 aliphatic heterocycles. The number of hydrogen-bond acceptors (Lipinski definition) is 7. The van der Waals surface area contributed by atoms with Gasteiger partial charge in [0, 0.05) is 5.56 Å². The van der Waals surface area contributed by atoms with Crippen LogP contribution in [0.15, 0.2) is 65.2 Å². The molecule has 1 aliphatic rings.